The van der Waals surface area contributed by atoms with Gasteiger partial charge in [-0.25, -0.2) is 19.9 Å². The van der Waals surface area contributed by atoms with E-state index in [4.69, 9.17) is 0 Å². The van der Waals surface area contributed by atoms with Crippen molar-refractivity contribution in [2.24, 2.45) is 0 Å². The Labute approximate surface area is 570 Å². The minimum Gasteiger partial charge on any atom is -0.353 e. The highest BCUT2D eigenvalue weighted by molar-refractivity contribution is 5.73. The molecule has 0 bridgehead atoms. The summed E-state index contributed by atoms with van der Waals surface area (Å²) in [6.07, 6.45) is 24.9. The first kappa shape index (κ1) is 74.2. The van der Waals surface area contributed by atoms with Gasteiger partial charge in [0, 0.05) is 57.5 Å². The molecule has 4 heterocycles. The number of carbonyl (C=O) groups is 2. The third-order valence-corrected chi connectivity index (χ3v) is 16.8. The summed E-state index contributed by atoms with van der Waals surface area (Å²) in [4.78, 5) is 72.6. The van der Waals surface area contributed by atoms with E-state index >= 15 is 0 Å². The molecule has 11 rings (SSSR count). The Balaban J connectivity index is 0.000000172. The Morgan fingerprint density at radius 3 is 1.03 bits per heavy atom. The van der Waals surface area contributed by atoms with Crippen molar-refractivity contribution in [2.75, 3.05) is 40.9 Å². The lowest BCUT2D eigenvalue weighted by Gasteiger charge is -2.19. The van der Waals surface area contributed by atoms with Crippen LogP contribution in [0.15, 0.2) is 109 Å². The van der Waals surface area contributed by atoms with Crippen LogP contribution < -0.4 is 31.9 Å². The molecule has 1 fully saturated rings. The molecule has 3 aliphatic carbocycles. The fourth-order valence-corrected chi connectivity index (χ4v) is 12.4. The largest absolute Gasteiger partial charge is 0.353 e. The summed E-state index contributed by atoms with van der Waals surface area (Å²) in [6, 6.07) is 35.7. The van der Waals surface area contributed by atoms with Gasteiger partial charge in [-0.05, 0) is 151 Å². The summed E-state index contributed by atoms with van der Waals surface area (Å²) in [5.41, 5.74) is 11.4. The monoisotopic (exact) mass is 1300 g/mol. The van der Waals surface area contributed by atoms with Crippen molar-refractivity contribution >= 4 is 35.6 Å². The minimum atomic E-state index is -0.0563. The van der Waals surface area contributed by atoms with Crippen molar-refractivity contribution < 1.29 is 9.59 Å². The number of carbonyl (C=O) groups excluding carboxylic acids is 2. The van der Waals surface area contributed by atoms with Crippen molar-refractivity contribution in [1.82, 2.24) is 70.4 Å². The highest BCUT2D eigenvalue weighted by Gasteiger charge is 2.25. The number of benzene rings is 4. The Morgan fingerprint density at radius 1 is 0.396 bits per heavy atom. The zero-order chi connectivity index (χ0) is 68.6. The number of amides is 2. The van der Waals surface area contributed by atoms with Crippen molar-refractivity contribution in [2.45, 2.75) is 216 Å². The van der Waals surface area contributed by atoms with Crippen LogP contribution in [0.3, 0.4) is 0 Å². The topological polar surface area (TPSA) is 261 Å². The molecular formula is C76H104N18O2. The standard InChI is InChI=1S/C19H20N4.C18H24N4.C17H30N4.C14H16N4.C8H14N2O2/c1-14-21-15(2)23-19(22-14)20-13-18(16-9-5-3-6-10-16)17-11-7-4-8-12-17;1-5-13-7-15-9-17(10-16(15)8-14(13)6-2)22-18-20-11(3)19-12(4)21-18;1-14-18-15(2)20-17(19-14)21-16-12-10-8-6-4-3-5-7-9-11-13-16;1-9-15-10(2)17-14(16-9)18-13-7-11-5-3-4-6-12(11)8-13;1-7(11)9-5-3-4-6-10-8(2)12/h3-12,18H,13H2,1-2H3,(H,20,21,22,23);7-8,17H,5-6,9-10H2,1-4H3,(H,19,20,21,22);16H,3-13H2,1-2H3,(H,18,19,20,21);3-6,13H,7-8H2,1-2H3,(H,15,16,17,18);3-4H,5-6H2,1-2H3,(H,9,11)(H,10,12)/b;;;;4-3+. The summed E-state index contributed by atoms with van der Waals surface area (Å²) in [5.74, 6) is 9.06. The van der Waals surface area contributed by atoms with Gasteiger partial charge in [0.15, 0.2) is 0 Å². The van der Waals surface area contributed by atoms with Gasteiger partial charge in [0.05, 0.1) is 0 Å². The molecule has 8 aromatic rings. The van der Waals surface area contributed by atoms with Gasteiger partial charge in [-0.2, -0.15) is 39.9 Å². The molecule has 1 saturated carbocycles. The van der Waals surface area contributed by atoms with E-state index < -0.39 is 0 Å². The van der Waals surface area contributed by atoms with E-state index in [9.17, 15) is 9.59 Å². The second-order valence-electron chi connectivity index (χ2n) is 25.1. The summed E-state index contributed by atoms with van der Waals surface area (Å²) in [5, 5.41) is 19.0. The number of anilines is 4. The zero-order valence-electron chi connectivity index (χ0n) is 59.0. The predicted molar refractivity (Wildman–Crippen MR) is 386 cm³/mol. The first-order valence-corrected chi connectivity index (χ1v) is 34.6. The van der Waals surface area contributed by atoms with E-state index in [-0.39, 0.29) is 17.7 Å². The number of rotatable bonds is 17. The van der Waals surface area contributed by atoms with Gasteiger partial charge < -0.3 is 31.9 Å². The third-order valence-electron chi connectivity index (χ3n) is 16.8. The molecule has 0 spiro atoms. The molecule has 96 heavy (non-hydrogen) atoms. The molecule has 4 aromatic carbocycles. The second kappa shape index (κ2) is 39.6. The quantitative estimate of drug-likeness (QED) is 0.0463. The number of aromatic nitrogens is 12. The van der Waals surface area contributed by atoms with Gasteiger partial charge in [-0.1, -0.05) is 181 Å². The SMILES string of the molecule is CC(=O)NC/C=C/CNC(C)=O.CCc1cc2c(cc1CC)CC(Nc1nc(C)nc(C)n1)C2.Cc1nc(C)nc(NC2CCCCCCCCCCC2)n1.Cc1nc(C)nc(NC2Cc3ccccc3C2)n1.Cc1nc(C)nc(NCC(c2ccccc2)c2ccccc2)n1. The minimum absolute atomic E-state index is 0.0563. The molecule has 20 heteroatoms. The molecule has 0 aliphatic heterocycles. The van der Waals surface area contributed by atoms with Gasteiger partial charge in [0.1, 0.15) is 46.6 Å². The molecular weight excluding hydrogens is 1200 g/mol. The predicted octanol–water partition coefficient (Wildman–Crippen LogP) is 13.4. The Bertz CT molecular complexity index is 3510. The van der Waals surface area contributed by atoms with E-state index in [1.165, 1.54) is 129 Å². The highest BCUT2D eigenvalue weighted by atomic mass is 16.2. The van der Waals surface area contributed by atoms with Gasteiger partial charge in [-0.3, -0.25) is 9.59 Å². The van der Waals surface area contributed by atoms with Crippen LogP contribution in [0.1, 0.15) is 195 Å². The molecule has 6 N–H and O–H groups in total. The molecule has 20 nitrogen and oxygen atoms in total. The van der Waals surface area contributed by atoms with Gasteiger partial charge in [0.2, 0.25) is 35.6 Å². The van der Waals surface area contributed by atoms with E-state index in [0.717, 1.165) is 97.6 Å². The molecule has 0 atom stereocenters. The maximum Gasteiger partial charge on any atom is 0.226 e. The van der Waals surface area contributed by atoms with Crippen molar-refractivity contribution in [3.63, 3.8) is 0 Å². The fraction of sp³-hybridized carbons (Fsp3) is 0.474. The van der Waals surface area contributed by atoms with E-state index in [2.05, 4.69) is 190 Å². The summed E-state index contributed by atoms with van der Waals surface area (Å²) in [6.45, 7) is 24.4. The second-order valence-corrected chi connectivity index (χ2v) is 25.1. The average molecular weight is 1300 g/mol. The zero-order valence-corrected chi connectivity index (χ0v) is 59.0. The molecule has 510 valence electrons. The average Bonchev–Trinajstić information content (AvgIpc) is 1.83. The maximum absolute atomic E-state index is 10.4. The summed E-state index contributed by atoms with van der Waals surface area (Å²) in [7, 11) is 0. The van der Waals surface area contributed by atoms with E-state index in [0.29, 0.717) is 49.1 Å². The highest BCUT2D eigenvalue weighted by Crippen LogP contribution is 2.29. The lowest BCUT2D eigenvalue weighted by molar-refractivity contribution is -0.119. The summed E-state index contributed by atoms with van der Waals surface area (Å²) >= 11 is 0. The van der Waals surface area contributed by atoms with Crippen molar-refractivity contribution in [3.05, 3.63) is 200 Å². The van der Waals surface area contributed by atoms with Crippen LogP contribution in [0.5, 0.6) is 0 Å². The van der Waals surface area contributed by atoms with E-state index in [1.807, 2.05) is 67.5 Å². The smallest absolute Gasteiger partial charge is 0.226 e. The first-order chi connectivity index (χ1) is 46.4. The van der Waals surface area contributed by atoms with Crippen LogP contribution in [0.2, 0.25) is 0 Å². The lowest BCUT2D eigenvalue weighted by atomic mass is 9.91. The van der Waals surface area contributed by atoms with Crippen LogP contribution in [-0.2, 0) is 48.1 Å². The van der Waals surface area contributed by atoms with Crippen LogP contribution in [0, 0.1) is 55.4 Å². The Hall–Kier alpha value is -9.20. The third kappa shape index (κ3) is 26.5. The number of nitrogens with zero attached hydrogens (tertiary/aromatic N) is 12. The van der Waals surface area contributed by atoms with Crippen molar-refractivity contribution in [1.29, 1.82) is 0 Å². The van der Waals surface area contributed by atoms with Crippen LogP contribution in [-0.4, -0.2) is 109 Å². The maximum atomic E-state index is 10.4. The fourth-order valence-electron chi connectivity index (χ4n) is 12.4. The number of nitrogens with one attached hydrogen (secondary N) is 6. The summed E-state index contributed by atoms with van der Waals surface area (Å²) < 4.78 is 0. The van der Waals surface area contributed by atoms with Crippen molar-refractivity contribution in [3.8, 4) is 0 Å². The number of aryl methyl sites for hydroxylation is 10. The lowest BCUT2D eigenvalue weighted by Crippen LogP contribution is -2.22. The van der Waals surface area contributed by atoms with Crippen LogP contribution in [0.25, 0.3) is 0 Å². The van der Waals surface area contributed by atoms with Gasteiger partial charge in [0.25, 0.3) is 0 Å². The number of fused-ring (bicyclic) bond motifs is 2. The molecule has 0 saturated heterocycles. The van der Waals surface area contributed by atoms with Crippen LogP contribution in [0.4, 0.5) is 23.8 Å². The Kier molecular flexibility index (Phi) is 30.6. The normalized spacial score (nSPS) is 14.1. The number of hydrogen-bond donors (Lipinski definition) is 6. The molecule has 3 aliphatic rings. The molecule has 0 unspecified atom stereocenters. The Morgan fingerprint density at radius 2 is 0.698 bits per heavy atom. The molecule has 4 aromatic heterocycles. The molecule has 0 radical (unpaired) electrons. The van der Waals surface area contributed by atoms with Crippen LogP contribution >= 0.6 is 0 Å². The molecule has 2 amide bonds. The number of hydrogen-bond acceptors (Lipinski definition) is 18. The van der Waals surface area contributed by atoms with Gasteiger partial charge >= 0.3 is 0 Å². The van der Waals surface area contributed by atoms with Gasteiger partial charge in [-0.15, -0.1) is 0 Å². The van der Waals surface area contributed by atoms with E-state index in [1.54, 1.807) is 12.2 Å². The first-order valence-electron chi connectivity index (χ1n) is 34.6.